The molecule has 18 heavy (non-hydrogen) atoms. The Hall–Kier alpha value is -1.36. The summed E-state index contributed by atoms with van der Waals surface area (Å²) in [7, 11) is 0. The Morgan fingerprint density at radius 2 is 2.44 bits per heavy atom. The second kappa shape index (κ2) is 3.82. The van der Waals surface area contributed by atoms with Gasteiger partial charge in [-0.25, -0.2) is 0 Å². The molecule has 1 aromatic heterocycles. The molecule has 0 aromatic carbocycles. The SMILES string of the molecule is Cc1cnn(C(C)C(=O)N2CC[C@@H]3C[C@]3(O)C2)c1. The van der Waals surface area contributed by atoms with Crippen molar-refractivity contribution in [2.75, 3.05) is 13.1 Å². The molecule has 2 fully saturated rings. The summed E-state index contributed by atoms with van der Waals surface area (Å²) in [6.07, 6.45) is 5.41. The van der Waals surface area contributed by atoms with Gasteiger partial charge >= 0.3 is 0 Å². The quantitative estimate of drug-likeness (QED) is 0.841. The predicted molar refractivity (Wildman–Crippen MR) is 65.9 cm³/mol. The van der Waals surface area contributed by atoms with Gasteiger partial charge in [-0.05, 0) is 38.2 Å². The molecule has 3 atom stereocenters. The largest absolute Gasteiger partial charge is 0.388 e. The number of rotatable bonds is 2. The lowest BCUT2D eigenvalue weighted by Gasteiger charge is -2.32. The molecule has 1 saturated carbocycles. The molecule has 1 aromatic rings. The molecule has 1 saturated heterocycles. The summed E-state index contributed by atoms with van der Waals surface area (Å²) < 4.78 is 1.70. The number of amides is 1. The highest BCUT2D eigenvalue weighted by Gasteiger charge is 2.56. The van der Waals surface area contributed by atoms with Gasteiger partial charge in [0.1, 0.15) is 6.04 Å². The third kappa shape index (κ3) is 1.82. The lowest BCUT2D eigenvalue weighted by molar-refractivity contribution is -0.138. The minimum Gasteiger partial charge on any atom is -0.388 e. The lowest BCUT2D eigenvalue weighted by Crippen LogP contribution is -2.46. The summed E-state index contributed by atoms with van der Waals surface area (Å²) in [5.41, 5.74) is 0.461. The van der Waals surface area contributed by atoms with Gasteiger partial charge in [-0.15, -0.1) is 0 Å². The van der Waals surface area contributed by atoms with E-state index in [-0.39, 0.29) is 11.9 Å². The highest BCUT2D eigenvalue weighted by atomic mass is 16.3. The molecule has 98 valence electrons. The van der Waals surface area contributed by atoms with Gasteiger partial charge in [-0.1, -0.05) is 0 Å². The highest BCUT2D eigenvalue weighted by molar-refractivity contribution is 5.80. The van der Waals surface area contributed by atoms with Gasteiger partial charge < -0.3 is 10.0 Å². The van der Waals surface area contributed by atoms with Crippen molar-refractivity contribution in [3.05, 3.63) is 18.0 Å². The van der Waals surface area contributed by atoms with Crippen molar-refractivity contribution in [2.24, 2.45) is 5.92 Å². The van der Waals surface area contributed by atoms with Crippen LogP contribution >= 0.6 is 0 Å². The lowest BCUT2D eigenvalue weighted by atomic mass is 10.1. The molecule has 1 aliphatic carbocycles. The number of nitrogens with zero attached hydrogens (tertiary/aromatic N) is 3. The summed E-state index contributed by atoms with van der Waals surface area (Å²) >= 11 is 0. The van der Waals surface area contributed by atoms with E-state index in [4.69, 9.17) is 0 Å². The minimum atomic E-state index is -0.590. The van der Waals surface area contributed by atoms with E-state index in [0.29, 0.717) is 12.5 Å². The molecule has 0 bridgehead atoms. The number of fused-ring (bicyclic) bond motifs is 1. The molecule has 1 N–H and O–H groups in total. The van der Waals surface area contributed by atoms with Crippen LogP contribution in [0.4, 0.5) is 0 Å². The number of hydrogen-bond donors (Lipinski definition) is 1. The number of likely N-dealkylation sites (tertiary alicyclic amines) is 1. The minimum absolute atomic E-state index is 0.0527. The number of aryl methyl sites for hydroxylation is 1. The van der Waals surface area contributed by atoms with Crippen molar-refractivity contribution < 1.29 is 9.90 Å². The van der Waals surface area contributed by atoms with Crippen LogP contribution in [0, 0.1) is 12.8 Å². The molecule has 2 aliphatic rings. The van der Waals surface area contributed by atoms with E-state index in [9.17, 15) is 9.90 Å². The average Bonchev–Trinajstić information content (AvgIpc) is 2.84. The van der Waals surface area contributed by atoms with Gasteiger partial charge in [0.05, 0.1) is 11.8 Å². The van der Waals surface area contributed by atoms with E-state index in [1.807, 2.05) is 20.0 Å². The Kier molecular flexibility index (Phi) is 2.48. The Balaban J connectivity index is 1.70. The first-order valence-corrected chi connectivity index (χ1v) is 6.51. The zero-order chi connectivity index (χ0) is 12.9. The van der Waals surface area contributed by atoms with Crippen LogP contribution in [-0.2, 0) is 4.79 Å². The molecule has 5 heteroatoms. The van der Waals surface area contributed by atoms with Crippen LogP contribution in [0.15, 0.2) is 12.4 Å². The second-order valence-corrected chi connectivity index (χ2v) is 5.73. The number of carbonyl (C=O) groups excluding carboxylic acids is 1. The van der Waals surface area contributed by atoms with Crippen LogP contribution in [-0.4, -0.2) is 44.4 Å². The maximum Gasteiger partial charge on any atom is 0.247 e. The second-order valence-electron chi connectivity index (χ2n) is 5.73. The number of aliphatic hydroxyl groups is 1. The van der Waals surface area contributed by atoms with E-state index >= 15 is 0 Å². The summed E-state index contributed by atoms with van der Waals surface area (Å²) in [5.74, 6) is 0.473. The number of carbonyl (C=O) groups is 1. The van der Waals surface area contributed by atoms with Crippen molar-refractivity contribution in [3.8, 4) is 0 Å². The fourth-order valence-corrected chi connectivity index (χ4v) is 2.86. The zero-order valence-electron chi connectivity index (χ0n) is 10.8. The van der Waals surface area contributed by atoms with Crippen molar-refractivity contribution in [1.82, 2.24) is 14.7 Å². The average molecular weight is 249 g/mol. The van der Waals surface area contributed by atoms with E-state index < -0.39 is 5.60 Å². The topological polar surface area (TPSA) is 58.4 Å². The number of aromatic nitrogens is 2. The number of piperidine rings is 1. The van der Waals surface area contributed by atoms with Crippen molar-refractivity contribution in [2.45, 2.75) is 38.3 Å². The van der Waals surface area contributed by atoms with Crippen molar-refractivity contribution >= 4 is 5.91 Å². The maximum absolute atomic E-state index is 12.4. The molecular formula is C13H19N3O2. The Bertz CT molecular complexity index is 484. The normalized spacial score (nSPS) is 31.9. The Labute approximate surface area is 106 Å². The molecule has 5 nitrogen and oxygen atoms in total. The van der Waals surface area contributed by atoms with Gasteiger partial charge in [0.15, 0.2) is 0 Å². The molecule has 1 unspecified atom stereocenters. The van der Waals surface area contributed by atoms with E-state index in [1.54, 1.807) is 15.8 Å². The smallest absolute Gasteiger partial charge is 0.247 e. The van der Waals surface area contributed by atoms with Crippen LogP contribution in [0.1, 0.15) is 31.4 Å². The summed E-state index contributed by atoms with van der Waals surface area (Å²) in [6, 6.07) is -0.294. The van der Waals surface area contributed by atoms with E-state index in [1.165, 1.54) is 0 Å². The fraction of sp³-hybridized carbons (Fsp3) is 0.692. The van der Waals surface area contributed by atoms with Gasteiger partial charge in [0, 0.05) is 19.3 Å². The molecule has 2 heterocycles. The summed E-state index contributed by atoms with van der Waals surface area (Å²) in [5, 5.41) is 14.3. The van der Waals surface area contributed by atoms with Gasteiger partial charge in [-0.2, -0.15) is 5.10 Å². The van der Waals surface area contributed by atoms with Crippen molar-refractivity contribution in [1.29, 1.82) is 0 Å². The monoisotopic (exact) mass is 249 g/mol. The van der Waals surface area contributed by atoms with Crippen LogP contribution < -0.4 is 0 Å². The van der Waals surface area contributed by atoms with Gasteiger partial charge in [0.2, 0.25) is 5.91 Å². The molecule has 1 aliphatic heterocycles. The molecule has 3 rings (SSSR count). The van der Waals surface area contributed by atoms with E-state index in [2.05, 4.69) is 5.10 Å². The van der Waals surface area contributed by atoms with Crippen molar-refractivity contribution in [3.63, 3.8) is 0 Å². The van der Waals surface area contributed by atoms with Crippen LogP contribution in [0.5, 0.6) is 0 Å². The van der Waals surface area contributed by atoms with E-state index in [0.717, 1.165) is 24.9 Å². The zero-order valence-corrected chi connectivity index (χ0v) is 10.8. The fourth-order valence-electron chi connectivity index (χ4n) is 2.86. The third-order valence-corrected chi connectivity index (χ3v) is 4.21. The van der Waals surface area contributed by atoms with Crippen LogP contribution in [0.3, 0.4) is 0 Å². The molecule has 0 radical (unpaired) electrons. The Morgan fingerprint density at radius 3 is 3.06 bits per heavy atom. The van der Waals surface area contributed by atoms with Gasteiger partial charge in [-0.3, -0.25) is 9.48 Å². The number of hydrogen-bond acceptors (Lipinski definition) is 3. The summed E-state index contributed by atoms with van der Waals surface area (Å²) in [6.45, 7) is 5.06. The van der Waals surface area contributed by atoms with Crippen LogP contribution in [0.2, 0.25) is 0 Å². The third-order valence-electron chi connectivity index (χ3n) is 4.21. The first kappa shape index (κ1) is 11.7. The standard InChI is InChI=1S/C13H19N3O2/c1-9-6-14-16(7-9)10(2)12(17)15-4-3-11-5-13(11,18)8-15/h6-7,10-11,18H,3-5,8H2,1-2H3/t10?,11-,13+/m1/s1. The molecular weight excluding hydrogens is 230 g/mol. The first-order chi connectivity index (χ1) is 8.49. The molecule has 0 spiro atoms. The van der Waals surface area contributed by atoms with Crippen LogP contribution in [0.25, 0.3) is 0 Å². The number of β-amino-alcohol motifs (C(OH)–C–C–N with tert-alkyl or cyclic N) is 1. The highest BCUT2D eigenvalue weighted by Crippen LogP contribution is 2.49. The Morgan fingerprint density at radius 1 is 1.67 bits per heavy atom. The molecule has 1 amide bonds. The first-order valence-electron chi connectivity index (χ1n) is 6.51. The maximum atomic E-state index is 12.4. The predicted octanol–water partition coefficient (Wildman–Crippen LogP) is 0.736. The summed E-state index contributed by atoms with van der Waals surface area (Å²) in [4.78, 5) is 14.2. The van der Waals surface area contributed by atoms with Gasteiger partial charge in [0.25, 0.3) is 0 Å².